The van der Waals surface area contributed by atoms with Crippen LogP contribution in [0.4, 0.5) is 11.5 Å². The number of rotatable bonds is 3. The van der Waals surface area contributed by atoms with Crippen molar-refractivity contribution in [3.8, 4) is 0 Å². The number of nitrogens with zero attached hydrogens (tertiary/aromatic N) is 3. The molecule has 0 aromatic carbocycles. The molecule has 0 amide bonds. The Labute approximate surface area is 117 Å². The zero-order chi connectivity index (χ0) is 15.0. The van der Waals surface area contributed by atoms with E-state index in [9.17, 15) is 14.7 Å². The fourth-order valence-electron chi connectivity index (χ4n) is 2.55. The smallest absolute Gasteiger partial charge is 0.332 e. The average molecular weight is 282 g/mol. The molecule has 1 aromatic heterocycles. The molecule has 112 valence electrons. The van der Waals surface area contributed by atoms with Crippen LogP contribution in [0.2, 0.25) is 0 Å². The molecule has 7 heteroatoms. The van der Waals surface area contributed by atoms with Gasteiger partial charge in [-0.1, -0.05) is 13.8 Å². The highest BCUT2D eigenvalue weighted by molar-refractivity contribution is 5.63. The van der Waals surface area contributed by atoms with Crippen molar-refractivity contribution in [3.05, 3.63) is 20.8 Å². The molecule has 3 N–H and O–H groups in total. The van der Waals surface area contributed by atoms with Crippen LogP contribution >= 0.6 is 0 Å². The fraction of sp³-hybridized carbons (Fsp3) is 0.692. The summed E-state index contributed by atoms with van der Waals surface area (Å²) in [6, 6.07) is 0. The number of aromatic nitrogens is 2. The van der Waals surface area contributed by atoms with Crippen LogP contribution in [0.25, 0.3) is 0 Å². The van der Waals surface area contributed by atoms with Crippen LogP contribution in [0.1, 0.15) is 20.3 Å². The molecule has 7 nitrogen and oxygen atoms in total. The molecule has 0 bridgehead atoms. The highest BCUT2D eigenvalue weighted by atomic mass is 16.3. The number of aliphatic hydroxyl groups excluding tert-OH is 1. The lowest BCUT2D eigenvalue weighted by Crippen LogP contribution is -2.43. The van der Waals surface area contributed by atoms with E-state index in [1.165, 1.54) is 11.6 Å². The van der Waals surface area contributed by atoms with Crippen LogP contribution in [-0.2, 0) is 13.6 Å². The monoisotopic (exact) mass is 282 g/mol. The number of nitrogen functional groups attached to an aromatic ring is 1. The minimum absolute atomic E-state index is 0.195. The molecule has 1 aliphatic rings. The Morgan fingerprint density at radius 3 is 2.55 bits per heavy atom. The van der Waals surface area contributed by atoms with E-state index in [1.807, 2.05) is 13.8 Å². The summed E-state index contributed by atoms with van der Waals surface area (Å²) in [6.45, 7) is 5.37. The van der Waals surface area contributed by atoms with Gasteiger partial charge in [0.25, 0.3) is 5.56 Å². The van der Waals surface area contributed by atoms with Crippen LogP contribution in [-0.4, -0.2) is 33.4 Å². The third-order valence-electron chi connectivity index (χ3n) is 3.59. The van der Waals surface area contributed by atoms with E-state index < -0.39 is 17.4 Å². The zero-order valence-electron chi connectivity index (χ0n) is 12.2. The molecule has 0 radical (unpaired) electrons. The molecular weight excluding hydrogens is 260 g/mol. The number of nitrogens with two attached hydrogens (primary N) is 1. The molecule has 1 aliphatic heterocycles. The Kier molecular flexibility index (Phi) is 3.89. The van der Waals surface area contributed by atoms with E-state index in [0.29, 0.717) is 31.7 Å². The van der Waals surface area contributed by atoms with Gasteiger partial charge in [0.15, 0.2) is 0 Å². The maximum atomic E-state index is 12.3. The van der Waals surface area contributed by atoms with Gasteiger partial charge in [-0.25, -0.2) is 4.79 Å². The van der Waals surface area contributed by atoms with Crippen molar-refractivity contribution in [2.45, 2.75) is 32.9 Å². The number of hydrogen-bond acceptors (Lipinski definition) is 5. The molecule has 0 spiro atoms. The normalized spacial score (nSPS) is 19.1. The van der Waals surface area contributed by atoms with Gasteiger partial charge in [0.2, 0.25) is 0 Å². The minimum Gasteiger partial charge on any atom is -0.391 e. The van der Waals surface area contributed by atoms with Crippen molar-refractivity contribution in [2.24, 2.45) is 13.0 Å². The van der Waals surface area contributed by atoms with Gasteiger partial charge in [-0.3, -0.25) is 13.9 Å². The van der Waals surface area contributed by atoms with Gasteiger partial charge in [-0.15, -0.1) is 0 Å². The maximum absolute atomic E-state index is 12.3. The summed E-state index contributed by atoms with van der Waals surface area (Å²) in [4.78, 5) is 26.2. The third kappa shape index (κ3) is 2.45. The van der Waals surface area contributed by atoms with Crippen LogP contribution in [0, 0.1) is 5.92 Å². The van der Waals surface area contributed by atoms with Gasteiger partial charge >= 0.3 is 5.69 Å². The standard InChI is InChI=1S/C13H22N4O3/c1-8(2)6-17-11(14)10(12(19)15(3)13(17)20)16-5-4-9(18)7-16/h8-9,18H,4-7,14H2,1-3H3. The molecule has 0 aliphatic carbocycles. The molecule has 0 saturated carbocycles. The summed E-state index contributed by atoms with van der Waals surface area (Å²) in [5, 5.41) is 9.62. The van der Waals surface area contributed by atoms with Gasteiger partial charge in [0, 0.05) is 26.7 Å². The summed E-state index contributed by atoms with van der Waals surface area (Å²) in [7, 11) is 1.46. The highest BCUT2D eigenvalue weighted by Gasteiger charge is 2.27. The van der Waals surface area contributed by atoms with Gasteiger partial charge in [0.1, 0.15) is 11.5 Å². The second-order valence-electron chi connectivity index (χ2n) is 5.77. The number of β-amino-alcohol motifs (C(OH)–C–C–N with tert-alkyl or cyclic N) is 1. The zero-order valence-corrected chi connectivity index (χ0v) is 12.2. The number of anilines is 2. The summed E-state index contributed by atoms with van der Waals surface area (Å²) in [5.74, 6) is 0.436. The number of aliphatic hydroxyl groups is 1. The second kappa shape index (κ2) is 5.32. The van der Waals surface area contributed by atoms with Crippen molar-refractivity contribution >= 4 is 11.5 Å². The Balaban J connectivity index is 2.59. The van der Waals surface area contributed by atoms with E-state index in [4.69, 9.17) is 5.73 Å². The SMILES string of the molecule is CC(C)Cn1c(N)c(N2CCC(O)C2)c(=O)n(C)c1=O. The first kappa shape index (κ1) is 14.6. The van der Waals surface area contributed by atoms with E-state index in [-0.39, 0.29) is 11.7 Å². The quantitative estimate of drug-likeness (QED) is 0.769. The highest BCUT2D eigenvalue weighted by Crippen LogP contribution is 2.22. The molecular formula is C13H22N4O3. The van der Waals surface area contributed by atoms with Crippen molar-refractivity contribution < 1.29 is 5.11 Å². The van der Waals surface area contributed by atoms with Crippen LogP contribution in [0.3, 0.4) is 0 Å². The molecule has 20 heavy (non-hydrogen) atoms. The van der Waals surface area contributed by atoms with E-state index in [2.05, 4.69) is 0 Å². The summed E-state index contributed by atoms with van der Waals surface area (Å²) in [6.07, 6.45) is 0.149. The Morgan fingerprint density at radius 1 is 1.40 bits per heavy atom. The van der Waals surface area contributed by atoms with Gasteiger partial charge in [-0.05, 0) is 12.3 Å². The molecule has 1 fully saturated rings. The lowest BCUT2D eigenvalue weighted by molar-refractivity contribution is 0.198. The maximum Gasteiger partial charge on any atom is 0.332 e. The van der Waals surface area contributed by atoms with Crippen LogP contribution < -0.4 is 21.9 Å². The molecule has 1 saturated heterocycles. The topological polar surface area (TPSA) is 93.5 Å². The molecule has 1 atom stereocenters. The Bertz CT molecular complexity index is 617. The lowest BCUT2D eigenvalue weighted by atomic mass is 10.2. The molecule has 1 unspecified atom stereocenters. The minimum atomic E-state index is -0.454. The van der Waals surface area contributed by atoms with Crippen molar-refractivity contribution in [1.82, 2.24) is 9.13 Å². The van der Waals surface area contributed by atoms with Gasteiger partial charge in [-0.2, -0.15) is 0 Å². The van der Waals surface area contributed by atoms with E-state index in [0.717, 1.165) is 4.57 Å². The first-order valence-electron chi connectivity index (χ1n) is 6.85. The van der Waals surface area contributed by atoms with E-state index >= 15 is 0 Å². The third-order valence-corrected chi connectivity index (χ3v) is 3.59. The van der Waals surface area contributed by atoms with Gasteiger partial charge < -0.3 is 15.7 Å². The largest absolute Gasteiger partial charge is 0.391 e. The lowest BCUT2D eigenvalue weighted by Gasteiger charge is -2.23. The second-order valence-corrected chi connectivity index (χ2v) is 5.77. The first-order chi connectivity index (χ1) is 9.32. The summed E-state index contributed by atoms with van der Waals surface area (Å²) in [5.41, 5.74) is 5.58. The summed E-state index contributed by atoms with van der Waals surface area (Å²) >= 11 is 0. The average Bonchev–Trinajstić information content (AvgIpc) is 2.78. The number of hydrogen-bond donors (Lipinski definition) is 2. The van der Waals surface area contributed by atoms with Crippen LogP contribution in [0.15, 0.2) is 9.59 Å². The Morgan fingerprint density at radius 2 is 2.05 bits per heavy atom. The predicted octanol–water partition coefficient (Wildman–Crippen LogP) is -0.644. The fourth-order valence-corrected chi connectivity index (χ4v) is 2.55. The summed E-state index contributed by atoms with van der Waals surface area (Å²) < 4.78 is 2.52. The van der Waals surface area contributed by atoms with Gasteiger partial charge in [0.05, 0.1) is 6.10 Å². The molecule has 1 aromatic rings. The molecule has 2 heterocycles. The first-order valence-corrected chi connectivity index (χ1v) is 6.85. The van der Waals surface area contributed by atoms with Crippen molar-refractivity contribution in [1.29, 1.82) is 0 Å². The Hall–Kier alpha value is -1.76. The van der Waals surface area contributed by atoms with Crippen molar-refractivity contribution in [2.75, 3.05) is 23.7 Å². The predicted molar refractivity (Wildman–Crippen MR) is 78.0 cm³/mol. The van der Waals surface area contributed by atoms with E-state index in [1.54, 1.807) is 4.90 Å². The molecule has 2 rings (SSSR count). The van der Waals surface area contributed by atoms with Crippen molar-refractivity contribution in [3.63, 3.8) is 0 Å². The van der Waals surface area contributed by atoms with Crippen LogP contribution in [0.5, 0.6) is 0 Å².